The van der Waals surface area contributed by atoms with Gasteiger partial charge in [0.2, 0.25) is 5.91 Å². The first-order chi connectivity index (χ1) is 12.1. The van der Waals surface area contributed by atoms with Gasteiger partial charge in [-0.3, -0.25) is 4.79 Å². The molecule has 0 bridgehead atoms. The van der Waals surface area contributed by atoms with Crippen LogP contribution in [-0.4, -0.2) is 51.8 Å². The lowest BCUT2D eigenvalue weighted by Gasteiger charge is -2.19. The molecule has 0 spiro atoms. The molecular weight excluding hydrogens is 450 g/mol. The highest BCUT2D eigenvalue weighted by Crippen LogP contribution is 2.48. The smallest absolute Gasteiger partial charge is 0.241 e. The molecule has 1 fully saturated rings. The highest BCUT2D eigenvalue weighted by atomic mass is 127. The van der Waals surface area contributed by atoms with Gasteiger partial charge in [0.05, 0.1) is 6.61 Å². The Morgan fingerprint density at radius 3 is 2.62 bits per heavy atom. The van der Waals surface area contributed by atoms with Gasteiger partial charge >= 0.3 is 0 Å². The first-order valence-electron chi connectivity index (χ1n) is 8.64. The van der Waals surface area contributed by atoms with E-state index in [-0.39, 0.29) is 47.7 Å². The summed E-state index contributed by atoms with van der Waals surface area (Å²) < 4.78 is 18.9. The van der Waals surface area contributed by atoms with Crippen molar-refractivity contribution in [3.05, 3.63) is 35.6 Å². The van der Waals surface area contributed by atoms with Crippen molar-refractivity contribution in [1.29, 1.82) is 0 Å². The van der Waals surface area contributed by atoms with E-state index in [0.717, 1.165) is 18.4 Å². The summed E-state index contributed by atoms with van der Waals surface area (Å²) in [5, 5.41) is 9.07. The first-order valence-corrected chi connectivity index (χ1v) is 8.64. The molecule has 1 aromatic rings. The van der Waals surface area contributed by atoms with E-state index in [4.69, 9.17) is 4.74 Å². The molecular formula is C18H28FIN4O2. The van der Waals surface area contributed by atoms with Crippen LogP contribution >= 0.6 is 24.0 Å². The standard InChI is InChI=1S/C18H27FN4O2.HI/c1-3-20-17(22-12-16(24)21-10-11-25-2)23-13-18(8-9-18)14-6-4-5-7-15(14)19;/h4-7H,3,8-13H2,1-2H3,(H,21,24)(H2,20,22,23);1H. The van der Waals surface area contributed by atoms with Crippen LogP contribution in [0, 0.1) is 5.82 Å². The van der Waals surface area contributed by atoms with Gasteiger partial charge in [-0.2, -0.15) is 0 Å². The maximum Gasteiger partial charge on any atom is 0.241 e. The fraction of sp³-hybridized carbons (Fsp3) is 0.556. The zero-order valence-corrected chi connectivity index (χ0v) is 17.6. The quantitative estimate of drug-likeness (QED) is 0.219. The summed E-state index contributed by atoms with van der Waals surface area (Å²) in [7, 11) is 1.58. The number of ether oxygens (including phenoxy) is 1. The maximum absolute atomic E-state index is 14.1. The number of halogens is 2. The van der Waals surface area contributed by atoms with Crippen LogP contribution in [0.4, 0.5) is 4.39 Å². The van der Waals surface area contributed by atoms with Crippen molar-refractivity contribution >= 4 is 35.8 Å². The van der Waals surface area contributed by atoms with Crippen molar-refractivity contribution in [3.8, 4) is 0 Å². The van der Waals surface area contributed by atoms with Gasteiger partial charge in [0.25, 0.3) is 0 Å². The van der Waals surface area contributed by atoms with E-state index in [1.165, 1.54) is 6.07 Å². The summed E-state index contributed by atoms with van der Waals surface area (Å²) in [5.41, 5.74) is 0.568. The van der Waals surface area contributed by atoms with Gasteiger partial charge in [-0.05, 0) is 31.4 Å². The molecule has 0 heterocycles. The summed E-state index contributed by atoms with van der Waals surface area (Å²) in [4.78, 5) is 16.0. The third-order valence-corrected chi connectivity index (χ3v) is 4.25. The predicted octanol–water partition coefficient (Wildman–Crippen LogP) is 1.79. The van der Waals surface area contributed by atoms with Crippen LogP contribution in [0.3, 0.4) is 0 Å². The number of nitrogens with zero attached hydrogens (tertiary/aromatic N) is 1. The number of rotatable bonds is 9. The van der Waals surface area contributed by atoms with Gasteiger partial charge in [0.15, 0.2) is 5.96 Å². The Morgan fingerprint density at radius 2 is 2.00 bits per heavy atom. The fourth-order valence-corrected chi connectivity index (χ4v) is 2.68. The predicted molar refractivity (Wildman–Crippen MR) is 112 cm³/mol. The molecule has 0 aromatic heterocycles. The number of guanidine groups is 1. The number of carbonyl (C=O) groups is 1. The van der Waals surface area contributed by atoms with Gasteiger partial charge in [-0.15, -0.1) is 24.0 Å². The molecule has 8 heteroatoms. The molecule has 1 aliphatic rings. The van der Waals surface area contributed by atoms with E-state index >= 15 is 0 Å². The number of benzene rings is 1. The van der Waals surface area contributed by atoms with Gasteiger partial charge in [0, 0.05) is 32.2 Å². The first kappa shape index (κ1) is 22.6. The van der Waals surface area contributed by atoms with Gasteiger partial charge in [0.1, 0.15) is 12.4 Å². The number of hydrogen-bond acceptors (Lipinski definition) is 3. The van der Waals surface area contributed by atoms with Crippen LogP contribution < -0.4 is 16.0 Å². The largest absolute Gasteiger partial charge is 0.383 e. The zero-order chi connectivity index (χ0) is 18.1. The second kappa shape index (κ2) is 11.3. The Morgan fingerprint density at radius 1 is 1.27 bits per heavy atom. The second-order valence-corrected chi connectivity index (χ2v) is 6.15. The third-order valence-electron chi connectivity index (χ3n) is 4.25. The van der Waals surface area contributed by atoms with E-state index in [1.54, 1.807) is 13.2 Å². The number of methoxy groups -OCH3 is 1. The van der Waals surface area contributed by atoms with Crippen LogP contribution in [0.25, 0.3) is 0 Å². The molecule has 0 aliphatic heterocycles. The van der Waals surface area contributed by atoms with Gasteiger partial charge in [-0.25, -0.2) is 9.38 Å². The highest BCUT2D eigenvalue weighted by molar-refractivity contribution is 14.0. The van der Waals surface area contributed by atoms with Crippen LogP contribution in [-0.2, 0) is 14.9 Å². The average molecular weight is 478 g/mol. The molecule has 2 rings (SSSR count). The molecule has 0 saturated heterocycles. The molecule has 1 saturated carbocycles. The lowest BCUT2D eigenvalue weighted by molar-refractivity contribution is -0.119. The van der Waals surface area contributed by atoms with E-state index in [1.807, 2.05) is 19.1 Å². The van der Waals surface area contributed by atoms with Crippen molar-refractivity contribution in [2.24, 2.45) is 4.99 Å². The molecule has 6 nitrogen and oxygen atoms in total. The van der Waals surface area contributed by atoms with E-state index in [9.17, 15) is 9.18 Å². The normalized spacial score (nSPS) is 15.0. The highest BCUT2D eigenvalue weighted by Gasteiger charge is 2.45. The van der Waals surface area contributed by atoms with E-state index < -0.39 is 0 Å². The topological polar surface area (TPSA) is 74.8 Å². The summed E-state index contributed by atoms with van der Waals surface area (Å²) >= 11 is 0. The molecule has 146 valence electrons. The van der Waals surface area contributed by atoms with Crippen LogP contribution in [0.15, 0.2) is 29.3 Å². The second-order valence-electron chi connectivity index (χ2n) is 6.15. The Labute approximate surface area is 171 Å². The Balaban J connectivity index is 0.00000338. The van der Waals surface area contributed by atoms with Crippen LogP contribution in [0.2, 0.25) is 0 Å². The maximum atomic E-state index is 14.1. The molecule has 0 atom stereocenters. The van der Waals surface area contributed by atoms with Gasteiger partial charge < -0.3 is 20.7 Å². The van der Waals surface area contributed by atoms with Gasteiger partial charge in [-0.1, -0.05) is 18.2 Å². The van der Waals surface area contributed by atoms with Crippen molar-refractivity contribution in [2.75, 3.05) is 39.9 Å². The monoisotopic (exact) mass is 478 g/mol. The van der Waals surface area contributed by atoms with Crippen molar-refractivity contribution in [3.63, 3.8) is 0 Å². The van der Waals surface area contributed by atoms with Crippen LogP contribution in [0.1, 0.15) is 25.3 Å². The minimum absolute atomic E-state index is 0. The van der Waals surface area contributed by atoms with Crippen molar-refractivity contribution in [2.45, 2.75) is 25.2 Å². The molecule has 1 aliphatic carbocycles. The SMILES string of the molecule is CCNC(=NCC(=O)NCCOC)NCC1(c2ccccc2F)CC1.I. The lowest BCUT2D eigenvalue weighted by Crippen LogP contribution is -2.42. The average Bonchev–Trinajstić information content (AvgIpc) is 3.39. The van der Waals surface area contributed by atoms with Crippen molar-refractivity contribution in [1.82, 2.24) is 16.0 Å². The fourth-order valence-electron chi connectivity index (χ4n) is 2.68. The molecule has 1 amide bonds. The molecule has 0 unspecified atom stereocenters. The number of amides is 1. The van der Waals surface area contributed by atoms with Crippen molar-refractivity contribution < 1.29 is 13.9 Å². The Bertz CT molecular complexity index is 609. The third kappa shape index (κ3) is 6.71. The zero-order valence-electron chi connectivity index (χ0n) is 15.3. The van der Waals surface area contributed by atoms with Crippen LogP contribution in [0.5, 0.6) is 0 Å². The lowest BCUT2D eigenvalue weighted by atomic mass is 9.95. The van der Waals surface area contributed by atoms with E-state index in [2.05, 4.69) is 20.9 Å². The Kier molecular flexibility index (Phi) is 9.85. The summed E-state index contributed by atoms with van der Waals surface area (Å²) in [6.45, 7) is 4.20. The summed E-state index contributed by atoms with van der Waals surface area (Å²) in [6, 6.07) is 6.91. The molecule has 1 aromatic carbocycles. The molecule has 0 radical (unpaired) electrons. The summed E-state index contributed by atoms with van der Waals surface area (Å²) in [6.07, 6.45) is 1.88. The number of carbonyl (C=O) groups excluding carboxylic acids is 1. The minimum Gasteiger partial charge on any atom is -0.383 e. The molecule has 3 N–H and O–H groups in total. The summed E-state index contributed by atoms with van der Waals surface area (Å²) in [5.74, 6) is 0.234. The number of aliphatic imine (C=N–C) groups is 1. The minimum atomic E-state index is -0.178. The number of hydrogen-bond donors (Lipinski definition) is 3. The van der Waals surface area contributed by atoms with E-state index in [0.29, 0.717) is 32.2 Å². The number of nitrogens with one attached hydrogen (secondary N) is 3. The Hall–Kier alpha value is -1.42. The molecule has 26 heavy (non-hydrogen) atoms.